The maximum atomic E-state index is 13.2. The minimum Gasteiger partial charge on any atom is -0.497 e. The number of allylic oxidation sites excluding steroid dienone is 1. The number of nitrogens with two attached hydrogens (primary N) is 2. The van der Waals surface area contributed by atoms with E-state index in [-0.39, 0.29) is 41.6 Å². The minimum absolute atomic E-state index is 0.0328. The zero-order valence-electron chi connectivity index (χ0n) is 19.0. The fourth-order valence-electron chi connectivity index (χ4n) is 4.26. The van der Waals surface area contributed by atoms with Crippen molar-refractivity contribution in [2.24, 2.45) is 27.8 Å². The lowest BCUT2D eigenvalue weighted by Gasteiger charge is -2.35. The average Bonchev–Trinajstić information content (AvgIpc) is 2.78. The molecule has 2 aromatic carbocycles. The molecule has 0 radical (unpaired) electrons. The van der Waals surface area contributed by atoms with Gasteiger partial charge in [-0.15, -0.1) is 0 Å². The molecule has 1 aliphatic rings. The van der Waals surface area contributed by atoms with E-state index in [1.165, 1.54) is 0 Å². The van der Waals surface area contributed by atoms with Crippen LogP contribution in [0.2, 0.25) is 0 Å². The predicted molar refractivity (Wildman–Crippen MR) is 126 cm³/mol. The van der Waals surface area contributed by atoms with Gasteiger partial charge >= 0.3 is 0 Å². The van der Waals surface area contributed by atoms with Crippen LogP contribution >= 0.6 is 0 Å². The maximum absolute atomic E-state index is 13.2. The van der Waals surface area contributed by atoms with Gasteiger partial charge in [-0.1, -0.05) is 56.3 Å². The number of ether oxygens (including phenoxy) is 1. The van der Waals surface area contributed by atoms with Gasteiger partial charge in [-0.25, -0.2) is 4.99 Å². The molecule has 1 fully saturated rings. The van der Waals surface area contributed by atoms with Crippen LogP contribution in [0.5, 0.6) is 5.75 Å². The standard InChI is InChI=1S/C26H28N4O3/c1-26(2)13-20(31)23(21(32)14-26)22(16-9-11-18(33-3)12-10-16)19(15-27)25(29)30-24(28)17-7-5-4-6-8-17/h4-12,22-23H,13-14,29H2,1-3H3,(H2,28,30)/b25-19-. The summed E-state index contributed by atoms with van der Waals surface area (Å²) in [6.07, 6.45) is 0.480. The minimum atomic E-state index is -1.02. The molecule has 3 rings (SSSR count). The third-order valence-electron chi connectivity index (χ3n) is 5.83. The first-order chi connectivity index (χ1) is 15.7. The van der Waals surface area contributed by atoms with Gasteiger partial charge in [0.25, 0.3) is 0 Å². The molecule has 4 N–H and O–H groups in total. The van der Waals surface area contributed by atoms with E-state index < -0.39 is 17.3 Å². The number of methoxy groups -OCH3 is 1. The van der Waals surface area contributed by atoms with Gasteiger partial charge in [0.15, 0.2) is 0 Å². The fourth-order valence-corrected chi connectivity index (χ4v) is 4.26. The number of amidine groups is 1. The van der Waals surface area contributed by atoms with Crippen molar-refractivity contribution in [1.29, 1.82) is 5.26 Å². The topological polar surface area (TPSA) is 132 Å². The summed E-state index contributed by atoms with van der Waals surface area (Å²) in [7, 11) is 1.54. The molecule has 0 heterocycles. The quantitative estimate of drug-likeness (QED) is 0.304. The molecule has 0 saturated heterocycles. The molecule has 0 bridgehead atoms. The predicted octanol–water partition coefficient (Wildman–Crippen LogP) is 3.45. The summed E-state index contributed by atoms with van der Waals surface area (Å²) in [6, 6.07) is 18.0. The highest BCUT2D eigenvalue weighted by Gasteiger charge is 2.45. The monoisotopic (exact) mass is 444 g/mol. The van der Waals surface area contributed by atoms with Gasteiger partial charge < -0.3 is 16.2 Å². The normalized spacial score (nSPS) is 18.3. The van der Waals surface area contributed by atoms with Crippen LogP contribution in [0.4, 0.5) is 0 Å². The first-order valence-electron chi connectivity index (χ1n) is 10.7. The van der Waals surface area contributed by atoms with Crippen LogP contribution in [0.1, 0.15) is 43.7 Å². The number of hydrogen-bond donors (Lipinski definition) is 2. The first kappa shape index (κ1) is 23.7. The summed E-state index contributed by atoms with van der Waals surface area (Å²) >= 11 is 0. The molecule has 1 unspecified atom stereocenters. The summed E-state index contributed by atoms with van der Waals surface area (Å²) < 4.78 is 5.23. The highest BCUT2D eigenvalue weighted by atomic mass is 16.5. The van der Waals surface area contributed by atoms with Crippen molar-refractivity contribution in [3.05, 3.63) is 77.1 Å². The molecule has 0 aromatic heterocycles. The second-order valence-corrected chi connectivity index (χ2v) is 8.95. The van der Waals surface area contributed by atoms with Crippen molar-refractivity contribution in [2.45, 2.75) is 32.6 Å². The van der Waals surface area contributed by atoms with E-state index in [4.69, 9.17) is 16.2 Å². The lowest BCUT2D eigenvalue weighted by Crippen LogP contribution is -2.41. The van der Waals surface area contributed by atoms with Crippen molar-refractivity contribution in [2.75, 3.05) is 7.11 Å². The molecular formula is C26H28N4O3. The average molecular weight is 445 g/mol. The Morgan fingerprint density at radius 2 is 1.64 bits per heavy atom. The number of Topliss-reactive ketones (excluding diaryl/α,β-unsaturated/α-hetero) is 2. The lowest BCUT2D eigenvalue weighted by atomic mass is 9.65. The fraction of sp³-hybridized carbons (Fsp3) is 0.308. The highest BCUT2D eigenvalue weighted by molar-refractivity contribution is 6.06. The van der Waals surface area contributed by atoms with Gasteiger partial charge in [0.2, 0.25) is 0 Å². The van der Waals surface area contributed by atoms with Gasteiger partial charge in [-0.3, -0.25) is 9.59 Å². The van der Waals surface area contributed by atoms with E-state index in [0.717, 1.165) is 0 Å². The largest absolute Gasteiger partial charge is 0.497 e. The van der Waals surface area contributed by atoms with E-state index in [0.29, 0.717) is 16.9 Å². The summed E-state index contributed by atoms with van der Waals surface area (Å²) in [5.41, 5.74) is 13.2. The van der Waals surface area contributed by atoms with Crippen LogP contribution in [-0.2, 0) is 9.59 Å². The Hall–Kier alpha value is -3.92. The van der Waals surface area contributed by atoms with Crippen LogP contribution in [-0.4, -0.2) is 24.5 Å². The molecule has 170 valence electrons. The third-order valence-corrected chi connectivity index (χ3v) is 5.83. The SMILES string of the molecule is COc1ccc(C(/C(C#N)=C(N)\N=C(\N)c2ccccc2)C2C(=O)CC(C)(C)CC2=O)cc1. The number of hydrogen-bond acceptors (Lipinski definition) is 6. The smallest absolute Gasteiger partial charge is 0.144 e. The highest BCUT2D eigenvalue weighted by Crippen LogP contribution is 2.43. The number of benzene rings is 2. The second-order valence-electron chi connectivity index (χ2n) is 8.95. The molecule has 1 atom stereocenters. The van der Waals surface area contributed by atoms with Gasteiger partial charge in [0.05, 0.1) is 24.7 Å². The Bertz CT molecular complexity index is 1120. The number of nitrogens with zero attached hydrogens (tertiary/aromatic N) is 2. The zero-order chi connectivity index (χ0) is 24.2. The van der Waals surface area contributed by atoms with E-state index in [2.05, 4.69) is 11.1 Å². The first-order valence-corrected chi connectivity index (χ1v) is 10.7. The summed E-state index contributed by atoms with van der Waals surface area (Å²) in [5, 5.41) is 10.1. The van der Waals surface area contributed by atoms with Crippen molar-refractivity contribution in [3.8, 4) is 11.8 Å². The third kappa shape index (κ3) is 5.29. The van der Waals surface area contributed by atoms with Crippen molar-refractivity contribution >= 4 is 17.4 Å². The van der Waals surface area contributed by atoms with Crippen molar-refractivity contribution in [1.82, 2.24) is 0 Å². The van der Waals surface area contributed by atoms with E-state index >= 15 is 0 Å². The van der Waals surface area contributed by atoms with E-state index in [1.54, 1.807) is 43.5 Å². The number of nitriles is 1. The number of aliphatic imine (C=N–C) groups is 1. The molecule has 0 aliphatic heterocycles. The molecule has 7 nitrogen and oxygen atoms in total. The van der Waals surface area contributed by atoms with E-state index in [1.807, 2.05) is 32.0 Å². The number of ketones is 2. The number of rotatable bonds is 6. The van der Waals surface area contributed by atoms with E-state index in [9.17, 15) is 14.9 Å². The number of carbonyl (C=O) groups excluding carboxylic acids is 2. The van der Waals surface area contributed by atoms with Gasteiger partial charge in [0, 0.05) is 24.3 Å². The van der Waals surface area contributed by atoms with Gasteiger partial charge in [0.1, 0.15) is 29.0 Å². The molecule has 33 heavy (non-hydrogen) atoms. The molecule has 7 heteroatoms. The van der Waals surface area contributed by atoms with Crippen LogP contribution in [0.3, 0.4) is 0 Å². The molecule has 2 aromatic rings. The Labute approximate surface area is 193 Å². The Morgan fingerprint density at radius 1 is 1.06 bits per heavy atom. The maximum Gasteiger partial charge on any atom is 0.144 e. The molecular weight excluding hydrogens is 416 g/mol. The Kier molecular flexibility index (Phi) is 6.98. The summed E-state index contributed by atoms with van der Waals surface area (Å²) in [6.45, 7) is 3.78. The lowest BCUT2D eigenvalue weighted by molar-refractivity contribution is -0.140. The molecule has 0 spiro atoms. The van der Waals surface area contributed by atoms with Crippen LogP contribution in [0, 0.1) is 22.7 Å². The van der Waals surface area contributed by atoms with Crippen LogP contribution < -0.4 is 16.2 Å². The Morgan fingerprint density at radius 3 is 2.15 bits per heavy atom. The number of carbonyl (C=O) groups is 2. The van der Waals surface area contributed by atoms with Crippen LogP contribution in [0.15, 0.2) is 71.0 Å². The zero-order valence-corrected chi connectivity index (χ0v) is 19.0. The van der Waals surface area contributed by atoms with Crippen molar-refractivity contribution < 1.29 is 14.3 Å². The Balaban J connectivity index is 2.14. The van der Waals surface area contributed by atoms with Gasteiger partial charge in [-0.05, 0) is 23.1 Å². The van der Waals surface area contributed by atoms with Gasteiger partial charge in [-0.2, -0.15) is 5.26 Å². The van der Waals surface area contributed by atoms with Crippen molar-refractivity contribution in [3.63, 3.8) is 0 Å². The summed E-state index contributed by atoms with van der Waals surface area (Å²) in [5.74, 6) is -1.68. The second kappa shape index (κ2) is 9.70. The summed E-state index contributed by atoms with van der Waals surface area (Å²) in [4.78, 5) is 30.6. The molecule has 1 aliphatic carbocycles. The van der Waals surface area contributed by atoms with Crippen LogP contribution in [0.25, 0.3) is 0 Å². The molecule has 0 amide bonds. The molecule has 1 saturated carbocycles.